The van der Waals surface area contributed by atoms with Gasteiger partial charge in [0, 0.05) is 90.2 Å². The summed E-state index contributed by atoms with van der Waals surface area (Å²) in [5, 5.41) is -0.257. The summed E-state index contributed by atoms with van der Waals surface area (Å²) in [4.78, 5) is -1.67. The van der Waals surface area contributed by atoms with Gasteiger partial charge in [-0.2, -0.15) is 55.1 Å². The Morgan fingerprint density at radius 1 is 0.639 bits per heavy atom. The Balaban J connectivity index is 1.61. The van der Waals surface area contributed by atoms with Crippen LogP contribution >= 0.6 is 15.9 Å². The van der Waals surface area contributed by atoms with Crippen molar-refractivity contribution in [3.05, 3.63) is 94.1 Å². The van der Waals surface area contributed by atoms with Crippen LogP contribution in [0.5, 0.6) is 0 Å². The first kappa shape index (κ1) is 57.2. The molecule has 0 spiro atoms. The zero-order chi connectivity index (χ0) is 53.8. The third-order valence-electron chi connectivity index (χ3n) is 12.6. The Morgan fingerprint density at radius 3 is 1.61 bits per heavy atom. The van der Waals surface area contributed by atoms with Crippen molar-refractivity contribution in [3.63, 3.8) is 0 Å². The highest BCUT2D eigenvalue weighted by Gasteiger charge is 2.49. The zero-order valence-electron chi connectivity index (χ0n) is 38.6. The lowest BCUT2D eigenvalue weighted by Crippen LogP contribution is -2.33. The highest BCUT2D eigenvalue weighted by molar-refractivity contribution is 9.11. The molecule has 72 heavy (non-hydrogen) atoms. The van der Waals surface area contributed by atoms with Gasteiger partial charge in [-0.05, 0) is 104 Å². The van der Waals surface area contributed by atoms with E-state index in [4.69, 9.17) is 9.47 Å². The number of fused-ring (bicyclic) bond motifs is 6. The fourth-order valence-corrected chi connectivity index (χ4v) is 13.4. The van der Waals surface area contributed by atoms with Crippen LogP contribution in [0.15, 0.2) is 103 Å². The smallest absolute Gasteiger partial charge is 0.295 e. The van der Waals surface area contributed by atoms with Crippen molar-refractivity contribution >= 4 is 115 Å². The normalized spacial score (nSPS) is 19.9. The summed E-state index contributed by atoms with van der Waals surface area (Å²) < 4.78 is 222. The second kappa shape index (κ2) is 20.6. The van der Waals surface area contributed by atoms with Gasteiger partial charge in [0.05, 0.1) is 26.7 Å². The van der Waals surface area contributed by atoms with Gasteiger partial charge in [-0.3, -0.25) is 27.3 Å². The summed E-state index contributed by atoms with van der Waals surface area (Å²) in [5.74, 6) is -1.35. The maximum Gasteiger partial charge on any atom is 0.295 e. The lowest BCUT2D eigenvalue weighted by Gasteiger charge is -2.30. The summed E-state index contributed by atoms with van der Waals surface area (Å²) >= 11 is 3.57. The predicted molar refractivity (Wildman–Crippen MR) is 268 cm³/mol. The van der Waals surface area contributed by atoms with Crippen LogP contribution in [0.3, 0.4) is 0 Å². The first-order valence-corrected chi connectivity index (χ1v) is 31.0. The van der Waals surface area contributed by atoms with Crippen LogP contribution in [0.1, 0.15) is 50.7 Å². The van der Waals surface area contributed by atoms with Crippen molar-refractivity contribution in [2.75, 3.05) is 56.9 Å². The van der Waals surface area contributed by atoms with Crippen molar-refractivity contribution in [2.24, 2.45) is 0 Å². The van der Waals surface area contributed by atoms with E-state index in [1.165, 1.54) is 38.5 Å². The fourth-order valence-electron chi connectivity index (χ4n) is 9.50. The summed E-state index contributed by atoms with van der Waals surface area (Å²) in [7, 11) is -26.5. The maximum absolute atomic E-state index is 12.7. The largest absolute Gasteiger partial charge is 0.385 e. The Labute approximate surface area is 425 Å². The highest BCUT2D eigenvalue weighted by Crippen LogP contribution is 2.54. The summed E-state index contributed by atoms with van der Waals surface area (Å²) in [6, 6.07) is 8.92. The van der Waals surface area contributed by atoms with Gasteiger partial charge in [0.25, 0.3) is 60.7 Å². The molecule has 29 heteroatoms. The molecule has 0 aliphatic carbocycles. The first-order chi connectivity index (χ1) is 33.1. The number of benzene rings is 4. The number of halogens is 1. The summed E-state index contributed by atoms with van der Waals surface area (Å²) in [5.41, 5.74) is -0.375. The molecule has 6 N–H and O–H groups in total. The van der Waals surface area contributed by atoms with Crippen LogP contribution in [-0.4, -0.2) is 140 Å². The van der Waals surface area contributed by atoms with Crippen LogP contribution in [-0.2, 0) is 81.0 Å². The van der Waals surface area contributed by atoms with E-state index < -0.39 is 103 Å². The molecule has 6 rings (SSSR count). The van der Waals surface area contributed by atoms with Crippen molar-refractivity contribution in [2.45, 2.75) is 69.9 Å². The average molecular weight is 1190 g/mol. The van der Waals surface area contributed by atoms with Gasteiger partial charge in [0.1, 0.15) is 16.3 Å². The van der Waals surface area contributed by atoms with Gasteiger partial charge in [-0.1, -0.05) is 22.0 Å². The molecular formula is C43H50BrN2O20S6+. The van der Waals surface area contributed by atoms with Gasteiger partial charge in [0.2, 0.25) is 5.69 Å². The van der Waals surface area contributed by atoms with E-state index in [2.05, 4.69) is 15.9 Å². The van der Waals surface area contributed by atoms with Crippen molar-refractivity contribution in [1.82, 2.24) is 0 Å². The van der Waals surface area contributed by atoms with E-state index in [9.17, 15) is 77.8 Å². The molecule has 2 aliphatic rings. The molecule has 0 radical (unpaired) electrons. The second-order valence-corrected chi connectivity index (χ2v) is 27.1. The monoisotopic (exact) mass is 1190 g/mol. The maximum atomic E-state index is 12.7. The van der Waals surface area contributed by atoms with Crippen LogP contribution < -0.4 is 4.90 Å². The fraction of sp³-hybridized carbons (Fsp3) is 0.372. The molecule has 0 fully saturated rings. The quantitative estimate of drug-likeness (QED) is 0.0342. The van der Waals surface area contributed by atoms with E-state index in [1.807, 2.05) is 0 Å². The zero-order valence-corrected chi connectivity index (χ0v) is 45.1. The standard InChI is InChI=1S/C43H49BrN2O20S6/c1-42(15-19-65-3)38(45(17-5-21-67(47,48)49)34-11-9-30-32(40(34)42)23-28(69(53,54)55)25-36(30)71(59,60)61)13-7-27(44)8-14-39-43(2,16-20-66-4)41-33-24-29(70(56,57)58)26-37(72(62,63)64)31(33)10-12-35(41)46(39)18-6-22-68(50,51)52/h7-14,23-26H,5-6,15-22H2,1-4H3,(H5-,47,48,49,50,51,52,53,54,55,56,57,58,59,60,61,62,63,64)/p+1. The number of nitrogens with zero attached hydrogens (tertiary/aromatic N) is 2. The molecule has 0 saturated heterocycles. The number of hydrogen-bond acceptors (Lipinski definition) is 15. The Bertz CT molecular complexity index is 3730. The molecule has 22 nitrogen and oxygen atoms in total. The Hall–Kier alpha value is -4.05. The molecule has 4 aromatic rings. The lowest BCUT2D eigenvalue weighted by atomic mass is 9.75. The summed E-state index contributed by atoms with van der Waals surface area (Å²) in [6.07, 6.45) is 6.35. The van der Waals surface area contributed by atoms with E-state index in [-0.39, 0.29) is 73.5 Å². The number of ether oxygens (including phenoxy) is 2. The minimum Gasteiger partial charge on any atom is -0.385 e. The number of allylic oxidation sites excluding steroid dienone is 6. The van der Waals surface area contributed by atoms with Crippen LogP contribution in [0.2, 0.25) is 0 Å². The molecule has 2 aliphatic heterocycles. The second-order valence-electron chi connectivity index (χ2n) is 17.4. The van der Waals surface area contributed by atoms with Crippen molar-refractivity contribution < 1.29 is 91.9 Å². The highest BCUT2D eigenvalue weighted by atomic mass is 79.9. The molecule has 0 amide bonds. The van der Waals surface area contributed by atoms with E-state index in [0.717, 1.165) is 12.1 Å². The van der Waals surface area contributed by atoms with E-state index >= 15 is 0 Å². The van der Waals surface area contributed by atoms with Gasteiger partial charge < -0.3 is 14.4 Å². The van der Waals surface area contributed by atoms with E-state index in [1.54, 1.807) is 47.6 Å². The molecule has 2 unspecified atom stereocenters. The van der Waals surface area contributed by atoms with Crippen molar-refractivity contribution in [3.8, 4) is 0 Å². The van der Waals surface area contributed by atoms with Crippen molar-refractivity contribution in [1.29, 1.82) is 0 Å². The topological polar surface area (TPSA) is 351 Å². The number of methoxy groups -OCH3 is 2. The van der Waals surface area contributed by atoms with Gasteiger partial charge >= 0.3 is 0 Å². The van der Waals surface area contributed by atoms with Gasteiger partial charge in [0.15, 0.2) is 5.71 Å². The van der Waals surface area contributed by atoms with E-state index in [0.29, 0.717) is 50.5 Å². The minimum atomic E-state index is -5.12. The third kappa shape index (κ3) is 12.0. The molecule has 0 aromatic heterocycles. The molecule has 0 bridgehead atoms. The minimum absolute atomic E-state index is 0.0125. The number of rotatable bonds is 21. The van der Waals surface area contributed by atoms with Gasteiger partial charge in [-0.15, -0.1) is 0 Å². The molecular weight excluding hydrogens is 1140 g/mol. The molecule has 4 aromatic carbocycles. The summed E-state index contributed by atoms with van der Waals surface area (Å²) in [6.45, 7) is 3.38. The molecule has 2 atom stereocenters. The lowest BCUT2D eigenvalue weighted by molar-refractivity contribution is -0.437. The third-order valence-corrected chi connectivity index (χ3v) is 18.2. The Morgan fingerprint density at radius 2 is 1.12 bits per heavy atom. The molecule has 394 valence electrons. The van der Waals surface area contributed by atoms with Crippen LogP contribution in [0, 0.1) is 0 Å². The van der Waals surface area contributed by atoms with Crippen LogP contribution in [0.4, 0.5) is 11.4 Å². The average Bonchev–Trinajstić information content (AvgIpc) is 3.63. The van der Waals surface area contributed by atoms with Crippen LogP contribution in [0.25, 0.3) is 21.5 Å². The molecule has 2 heterocycles. The first-order valence-electron chi connectivity index (χ1n) is 21.3. The SMILES string of the molecule is COCCC1(C)C(/C=C/C(Br)=C/C=C2/N(CCCS(=O)(=O)O)c3ccc4c(S(=O)(=O)O)cc(S(=O)(=O)O)cc4c3C2(C)CCOC)=[N+](CCCS(=O)(=O)O)c2ccc3c(S(=O)(=O)O)cc(S(=O)(=O)O)cc3c21. The van der Waals surface area contributed by atoms with Gasteiger partial charge in [-0.25, -0.2) is 0 Å². The number of hydrogen-bond donors (Lipinski definition) is 6. The number of anilines is 1. The Kier molecular flexibility index (Phi) is 16.4. The predicted octanol–water partition coefficient (Wildman–Crippen LogP) is 5.46. The molecule has 0 saturated carbocycles.